The normalized spacial score (nSPS) is 14.2. The molecule has 0 bridgehead atoms. The molecule has 0 heterocycles. The molecule has 1 aliphatic rings. The largest absolute Gasteiger partial charge is 0.398 e. The van der Waals surface area contributed by atoms with E-state index in [4.69, 9.17) is 0 Å². The molecule has 3 amide bonds. The van der Waals surface area contributed by atoms with Gasteiger partial charge >= 0.3 is 6.03 Å². The highest BCUT2D eigenvalue weighted by Gasteiger charge is 2.21. The van der Waals surface area contributed by atoms with E-state index in [1.807, 2.05) is 24.3 Å². The van der Waals surface area contributed by atoms with E-state index in [0.717, 1.165) is 48.5 Å². The third-order valence-corrected chi connectivity index (χ3v) is 7.23. The van der Waals surface area contributed by atoms with Crippen LogP contribution in [0.3, 0.4) is 0 Å². The van der Waals surface area contributed by atoms with Crippen molar-refractivity contribution in [3.63, 3.8) is 0 Å². The molecule has 33 heavy (non-hydrogen) atoms. The molecule has 2 aromatic rings. The SMILES string of the molecule is O=C(CCS)NBc1ccc(Bc2ccc(S(=O)(=O)NC(=O)NC3CCCCC3)cc2)cc1. The molecular formula is C22H29B2N3O4S2. The number of urea groups is 1. The summed E-state index contributed by atoms with van der Waals surface area (Å²) in [7, 11) is -2.81. The summed E-state index contributed by atoms with van der Waals surface area (Å²) < 4.78 is 27.2. The molecule has 1 aliphatic carbocycles. The van der Waals surface area contributed by atoms with Crippen LogP contribution in [0.1, 0.15) is 38.5 Å². The maximum atomic E-state index is 12.5. The Morgan fingerprint density at radius 2 is 1.48 bits per heavy atom. The molecule has 0 radical (unpaired) electrons. The van der Waals surface area contributed by atoms with Crippen LogP contribution in [0.15, 0.2) is 53.4 Å². The Morgan fingerprint density at radius 3 is 2.09 bits per heavy atom. The molecule has 7 nitrogen and oxygen atoms in total. The first-order chi connectivity index (χ1) is 15.9. The van der Waals surface area contributed by atoms with E-state index in [1.165, 1.54) is 12.1 Å². The predicted molar refractivity (Wildman–Crippen MR) is 138 cm³/mol. The molecule has 2 aromatic carbocycles. The summed E-state index contributed by atoms with van der Waals surface area (Å²) in [6.07, 6.45) is 5.42. The van der Waals surface area contributed by atoms with Crippen molar-refractivity contribution in [1.29, 1.82) is 0 Å². The molecule has 11 heteroatoms. The van der Waals surface area contributed by atoms with Gasteiger partial charge in [-0.05, 0) is 30.7 Å². The van der Waals surface area contributed by atoms with E-state index < -0.39 is 16.1 Å². The summed E-state index contributed by atoms with van der Waals surface area (Å²) in [5.74, 6) is 0.499. The lowest BCUT2D eigenvalue weighted by Crippen LogP contribution is -2.45. The number of amides is 3. The maximum Gasteiger partial charge on any atom is 0.328 e. The molecule has 1 saturated carbocycles. The zero-order valence-electron chi connectivity index (χ0n) is 18.5. The number of benzene rings is 2. The third-order valence-electron chi connectivity index (χ3n) is 5.66. The van der Waals surface area contributed by atoms with Gasteiger partial charge in [0.1, 0.15) is 0 Å². The first kappa shape index (κ1) is 25.2. The van der Waals surface area contributed by atoms with Crippen LogP contribution in [0.25, 0.3) is 0 Å². The van der Waals surface area contributed by atoms with Crippen LogP contribution in [-0.2, 0) is 14.8 Å². The summed E-state index contributed by atoms with van der Waals surface area (Å²) >= 11 is 4.05. The van der Waals surface area contributed by atoms with E-state index >= 15 is 0 Å². The smallest absolute Gasteiger partial charge is 0.328 e. The van der Waals surface area contributed by atoms with Gasteiger partial charge in [0.25, 0.3) is 17.4 Å². The van der Waals surface area contributed by atoms with Gasteiger partial charge in [0.15, 0.2) is 7.28 Å². The lowest BCUT2D eigenvalue weighted by Gasteiger charge is -2.22. The van der Waals surface area contributed by atoms with Crippen molar-refractivity contribution >= 4 is 65.7 Å². The standard InChI is InChI=1S/C22H29B2N3O4S2/c28-21(14-15-32)26-24-18-8-6-16(7-9-18)23-17-10-12-20(13-11-17)33(30,31)27-22(29)25-19-4-2-1-3-5-19/h6-13,19,23-24,32H,1-5,14-15H2,(H,26,28)(H2,25,27,29). The number of carbonyl (C=O) groups is 2. The highest BCUT2D eigenvalue weighted by Crippen LogP contribution is 2.17. The van der Waals surface area contributed by atoms with E-state index in [-0.39, 0.29) is 16.8 Å². The van der Waals surface area contributed by atoms with E-state index in [9.17, 15) is 18.0 Å². The fourth-order valence-electron chi connectivity index (χ4n) is 3.83. The van der Waals surface area contributed by atoms with Gasteiger partial charge in [0, 0.05) is 12.5 Å². The van der Waals surface area contributed by atoms with Crippen molar-refractivity contribution in [3.8, 4) is 0 Å². The second-order valence-corrected chi connectivity index (χ2v) is 10.4. The highest BCUT2D eigenvalue weighted by atomic mass is 32.2. The highest BCUT2D eigenvalue weighted by molar-refractivity contribution is 7.90. The fraction of sp³-hybridized carbons (Fsp3) is 0.364. The zero-order valence-corrected chi connectivity index (χ0v) is 20.3. The molecule has 3 rings (SSSR count). The number of nitrogens with one attached hydrogen (secondary N) is 3. The lowest BCUT2D eigenvalue weighted by atomic mass is 9.63. The molecule has 1 fully saturated rings. The van der Waals surface area contributed by atoms with Crippen molar-refractivity contribution in [2.45, 2.75) is 49.5 Å². The van der Waals surface area contributed by atoms with Gasteiger partial charge in [-0.25, -0.2) is 17.9 Å². The number of carbonyl (C=O) groups excluding carboxylic acids is 2. The van der Waals surface area contributed by atoms with Gasteiger partial charge < -0.3 is 10.5 Å². The molecular weight excluding hydrogens is 456 g/mol. The summed E-state index contributed by atoms with van der Waals surface area (Å²) in [4.78, 5) is 23.7. The molecule has 0 atom stereocenters. The summed E-state index contributed by atoms with van der Waals surface area (Å²) in [5.41, 5.74) is 3.03. The Labute approximate surface area is 202 Å². The van der Waals surface area contributed by atoms with Crippen molar-refractivity contribution in [3.05, 3.63) is 48.5 Å². The predicted octanol–water partition coefficient (Wildman–Crippen LogP) is -0.193. The molecule has 174 valence electrons. The molecule has 0 spiro atoms. The van der Waals surface area contributed by atoms with Crippen LogP contribution in [0.5, 0.6) is 0 Å². The van der Waals surface area contributed by atoms with Gasteiger partial charge in [-0.2, -0.15) is 12.6 Å². The van der Waals surface area contributed by atoms with Crippen molar-refractivity contribution in [1.82, 2.24) is 15.3 Å². The van der Waals surface area contributed by atoms with Crippen LogP contribution in [0.4, 0.5) is 4.79 Å². The van der Waals surface area contributed by atoms with E-state index in [0.29, 0.717) is 26.9 Å². The second kappa shape index (κ2) is 12.2. The van der Waals surface area contributed by atoms with Crippen LogP contribution in [0.2, 0.25) is 0 Å². The van der Waals surface area contributed by atoms with Gasteiger partial charge in [0.05, 0.1) is 4.90 Å². The van der Waals surface area contributed by atoms with Crippen molar-refractivity contribution in [2.24, 2.45) is 0 Å². The first-order valence-electron chi connectivity index (χ1n) is 11.2. The third kappa shape index (κ3) is 8.16. The zero-order chi connectivity index (χ0) is 23.7. The van der Waals surface area contributed by atoms with Crippen molar-refractivity contribution < 1.29 is 18.0 Å². The monoisotopic (exact) mass is 485 g/mol. The fourth-order valence-corrected chi connectivity index (χ4v) is 4.95. The van der Waals surface area contributed by atoms with Crippen LogP contribution in [-0.4, -0.2) is 46.8 Å². The molecule has 0 aromatic heterocycles. The Kier molecular flexibility index (Phi) is 9.31. The summed E-state index contributed by atoms with van der Waals surface area (Å²) in [6, 6.07) is 13.8. The van der Waals surface area contributed by atoms with E-state index in [2.05, 4.69) is 27.9 Å². The number of sulfonamides is 1. The Hall–Kier alpha value is -2.39. The quantitative estimate of drug-likeness (QED) is 0.292. The van der Waals surface area contributed by atoms with Crippen LogP contribution < -0.4 is 31.7 Å². The van der Waals surface area contributed by atoms with Crippen LogP contribution in [0, 0.1) is 0 Å². The Morgan fingerprint density at radius 1 is 0.909 bits per heavy atom. The number of hydrogen-bond donors (Lipinski definition) is 4. The van der Waals surface area contributed by atoms with Gasteiger partial charge in [0.2, 0.25) is 5.91 Å². The topological polar surface area (TPSA) is 104 Å². The number of hydrogen-bond acceptors (Lipinski definition) is 5. The maximum absolute atomic E-state index is 12.5. The summed E-state index contributed by atoms with van der Waals surface area (Å²) in [6.45, 7) is 0. The lowest BCUT2D eigenvalue weighted by molar-refractivity contribution is -0.119. The van der Waals surface area contributed by atoms with Crippen LogP contribution >= 0.6 is 12.6 Å². The molecule has 0 unspecified atom stereocenters. The average molecular weight is 485 g/mol. The first-order valence-corrected chi connectivity index (χ1v) is 13.3. The van der Waals surface area contributed by atoms with Crippen molar-refractivity contribution in [2.75, 3.05) is 5.75 Å². The van der Waals surface area contributed by atoms with Gasteiger partial charge in [-0.3, -0.25) is 4.79 Å². The van der Waals surface area contributed by atoms with Gasteiger partial charge in [-0.15, -0.1) is 0 Å². The molecule has 3 N–H and O–H groups in total. The minimum Gasteiger partial charge on any atom is -0.398 e. The summed E-state index contributed by atoms with van der Waals surface area (Å²) in [5, 5.41) is 5.61. The van der Waals surface area contributed by atoms with E-state index in [1.54, 1.807) is 12.1 Å². The minimum atomic E-state index is -3.92. The molecule has 0 aliphatic heterocycles. The van der Waals surface area contributed by atoms with Gasteiger partial charge in [-0.1, -0.05) is 72.0 Å². The Balaban J connectivity index is 1.52. The molecule has 0 saturated heterocycles. The minimum absolute atomic E-state index is 0.0231. The second-order valence-electron chi connectivity index (χ2n) is 8.30. The number of rotatable bonds is 9. The average Bonchev–Trinajstić information content (AvgIpc) is 2.79. The Bertz CT molecular complexity index is 1040. The number of thiol groups is 1.